The molecule has 1 rings (SSSR count). The molecule has 3 N–H and O–H groups in total. The van der Waals surface area contributed by atoms with Gasteiger partial charge in [-0.2, -0.15) is 0 Å². The summed E-state index contributed by atoms with van der Waals surface area (Å²) < 4.78 is 7.33. The predicted octanol–water partition coefficient (Wildman–Crippen LogP) is 0.135. The van der Waals surface area contributed by atoms with Gasteiger partial charge in [0.05, 0.1) is 30.1 Å². The van der Waals surface area contributed by atoms with E-state index in [4.69, 9.17) is 10.6 Å². The standard InChI is InChI=1S/C9H19N5O/c1-9(2,3)15-6-7(12-10)8-5-11-13-14(8)4/h5,7,12H,6,10H2,1-4H3. The molecule has 0 spiro atoms. The Morgan fingerprint density at radius 1 is 1.60 bits per heavy atom. The third-order valence-corrected chi connectivity index (χ3v) is 1.99. The average Bonchev–Trinajstić information content (AvgIpc) is 2.52. The van der Waals surface area contributed by atoms with Gasteiger partial charge < -0.3 is 4.74 Å². The lowest BCUT2D eigenvalue weighted by atomic mass is 10.2. The van der Waals surface area contributed by atoms with Crippen molar-refractivity contribution in [1.29, 1.82) is 0 Å². The van der Waals surface area contributed by atoms with Crippen LogP contribution in [0, 0.1) is 0 Å². The number of ether oxygens (including phenoxy) is 1. The van der Waals surface area contributed by atoms with Crippen molar-refractivity contribution in [3.8, 4) is 0 Å². The molecule has 1 aromatic heterocycles. The summed E-state index contributed by atoms with van der Waals surface area (Å²) in [5.41, 5.74) is 3.42. The first-order valence-corrected chi connectivity index (χ1v) is 4.88. The smallest absolute Gasteiger partial charge is 0.0878 e. The van der Waals surface area contributed by atoms with E-state index in [9.17, 15) is 0 Å². The SMILES string of the molecule is Cn1nncc1C(COC(C)(C)C)NN. The number of hydrogen-bond acceptors (Lipinski definition) is 5. The van der Waals surface area contributed by atoms with Gasteiger partial charge in [0.25, 0.3) is 0 Å². The zero-order chi connectivity index (χ0) is 11.5. The lowest BCUT2D eigenvalue weighted by Crippen LogP contribution is -2.35. The molecule has 6 heteroatoms. The van der Waals surface area contributed by atoms with E-state index in [0.29, 0.717) is 6.61 Å². The molecule has 6 nitrogen and oxygen atoms in total. The molecule has 1 atom stereocenters. The maximum absolute atomic E-state index is 5.65. The molecular weight excluding hydrogens is 194 g/mol. The molecule has 15 heavy (non-hydrogen) atoms. The van der Waals surface area contributed by atoms with Gasteiger partial charge in [0, 0.05) is 7.05 Å². The van der Waals surface area contributed by atoms with Crippen molar-refractivity contribution >= 4 is 0 Å². The molecule has 0 aliphatic rings. The first kappa shape index (κ1) is 12.1. The van der Waals surface area contributed by atoms with E-state index in [0.717, 1.165) is 5.69 Å². The van der Waals surface area contributed by atoms with Crippen LogP contribution in [0.25, 0.3) is 0 Å². The minimum atomic E-state index is -0.179. The fraction of sp³-hybridized carbons (Fsp3) is 0.778. The summed E-state index contributed by atoms with van der Waals surface area (Å²) in [6.07, 6.45) is 1.68. The van der Waals surface area contributed by atoms with Crippen molar-refractivity contribution in [3.05, 3.63) is 11.9 Å². The summed E-state index contributed by atoms with van der Waals surface area (Å²) in [6.45, 7) is 6.49. The van der Waals surface area contributed by atoms with Crippen LogP contribution in [0.4, 0.5) is 0 Å². The molecule has 0 saturated heterocycles. The molecule has 0 bridgehead atoms. The highest BCUT2D eigenvalue weighted by molar-refractivity contribution is 5.01. The van der Waals surface area contributed by atoms with Crippen LogP contribution in [-0.2, 0) is 11.8 Å². The zero-order valence-corrected chi connectivity index (χ0v) is 9.69. The summed E-state index contributed by atoms with van der Waals surface area (Å²) >= 11 is 0. The van der Waals surface area contributed by atoms with Crippen LogP contribution >= 0.6 is 0 Å². The second-order valence-electron chi connectivity index (χ2n) is 4.43. The van der Waals surface area contributed by atoms with E-state index in [2.05, 4.69) is 15.7 Å². The third kappa shape index (κ3) is 3.58. The van der Waals surface area contributed by atoms with Crippen molar-refractivity contribution in [2.45, 2.75) is 32.4 Å². The number of nitrogens with one attached hydrogen (secondary N) is 1. The predicted molar refractivity (Wildman–Crippen MR) is 56.8 cm³/mol. The molecule has 1 aromatic rings. The van der Waals surface area contributed by atoms with Crippen LogP contribution in [0.5, 0.6) is 0 Å². The summed E-state index contributed by atoms with van der Waals surface area (Å²) in [5, 5.41) is 7.64. The van der Waals surface area contributed by atoms with Gasteiger partial charge in [0.1, 0.15) is 0 Å². The number of rotatable bonds is 4. The van der Waals surface area contributed by atoms with Gasteiger partial charge in [-0.05, 0) is 20.8 Å². The normalized spacial score (nSPS) is 14.2. The molecule has 0 saturated carbocycles. The molecule has 0 radical (unpaired) electrons. The fourth-order valence-electron chi connectivity index (χ4n) is 1.17. The Bertz CT molecular complexity index is 304. The van der Waals surface area contributed by atoms with E-state index in [1.165, 1.54) is 0 Å². The highest BCUT2D eigenvalue weighted by Gasteiger charge is 2.18. The van der Waals surface area contributed by atoms with Gasteiger partial charge in [0.15, 0.2) is 0 Å². The molecule has 0 amide bonds. The first-order chi connectivity index (χ1) is 6.94. The summed E-state index contributed by atoms with van der Waals surface area (Å²) in [6, 6.07) is -0.0933. The second kappa shape index (κ2) is 4.69. The molecule has 1 heterocycles. The number of aryl methyl sites for hydroxylation is 1. The quantitative estimate of drug-likeness (QED) is 0.549. The number of hydrogen-bond donors (Lipinski definition) is 2. The van der Waals surface area contributed by atoms with Crippen molar-refractivity contribution in [1.82, 2.24) is 20.4 Å². The Labute approximate surface area is 89.8 Å². The average molecular weight is 213 g/mol. The molecule has 0 aromatic carbocycles. The van der Waals surface area contributed by atoms with E-state index in [1.54, 1.807) is 10.9 Å². The van der Waals surface area contributed by atoms with Gasteiger partial charge in [-0.1, -0.05) is 5.21 Å². The van der Waals surface area contributed by atoms with Gasteiger partial charge in [-0.25, -0.2) is 5.43 Å². The lowest BCUT2D eigenvalue weighted by Gasteiger charge is -2.23. The molecule has 0 aliphatic heterocycles. The first-order valence-electron chi connectivity index (χ1n) is 4.88. The maximum atomic E-state index is 5.65. The minimum absolute atomic E-state index is 0.0933. The van der Waals surface area contributed by atoms with E-state index >= 15 is 0 Å². The van der Waals surface area contributed by atoms with Crippen LogP contribution in [0.15, 0.2) is 6.20 Å². The van der Waals surface area contributed by atoms with Gasteiger partial charge in [-0.3, -0.25) is 10.5 Å². The van der Waals surface area contributed by atoms with Crippen molar-refractivity contribution in [3.63, 3.8) is 0 Å². The Morgan fingerprint density at radius 3 is 2.67 bits per heavy atom. The van der Waals surface area contributed by atoms with Crippen LogP contribution in [0.1, 0.15) is 32.5 Å². The van der Waals surface area contributed by atoms with Crippen molar-refractivity contribution in [2.75, 3.05) is 6.61 Å². The highest BCUT2D eigenvalue weighted by atomic mass is 16.5. The summed E-state index contributed by atoms with van der Waals surface area (Å²) in [4.78, 5) is 0. The van der Waals surface area contributed by atoms with Gasteiger partial charge in [-0.15, -0.1) is 5.10 Å². The maximum Gasteiger partial charge on any atom is 0.0878 e. The number of aromatic nitrogens is 3. The lowest BCUT2D eigenvalue weighted by molar-refractivity contribution is -0.0157. The topological polar surface area (TPSA) is 78.0 Å². The van der Waals surface area contributed by atoms with E-state index in [-0.39, 0.29) is 11.6 Å². The van der Waals surface area contributed by atoms with Crippen molar-refractivity contribution < 1.29 is 4.74 Å². The van der Waals surface area contributed by atoms with Crippen molar-refractivity contribution in [2.24, 2.45) is 12.9 Å². The minimum Gasteiger partial charge on any atom is -0.374 e. The number of nitrogens with two attached hydrogens (primary N) is 1. The molecule has 86 valence electrons. The molecule has 0 aliphatic carbocycles. The Balaban J connectivity index is 2.61. The molecule has 1 unspecified atom stereocenters. The summed E-state index contributed by atoms with van der Waals surface area (Å²) in [7, 11) is 1.82. The van der Waals surface area contributed by atoms with Crippen LogP contribution in [-0.4, -0.2) is 27.2 Å². The highest BCUT2D eigenvalue weighted by Crippen LogP contribution is 2.14. The molecular formula is C9H19N5O. The van der Waals surface area contributed by atoms with Crippen LogP contribution in [0.2, 0.25) is 0 Å². The van der Waals surface area contributed by atoms with Gasteiger partial charge >= 0.3 is 0 Å². The Kier molecular flexibility index (Phi) is 3.78. The summed E-state index contributed by atoms with van der Waals surface area (Å²) in [5.74, 6) is 5.46. The van der Waals surface area contributed by atoms with Crippen LogP contribution < -0.4 is 11.3 Å². The fourth-order valence-corrected chi connectivity index (χ4v) is 1.17. The van der Waals surface area contributed by atoms with Gasteiger partial charge in [0.2, 0.25) is 0 Å². The third-order valence-electron chi connectivity index (χ3n) is 1.99. The Morgan fingerprint density at radius 2 is 2.27 bits per heavy atom. The monoisotopic (exact) mass is 213 g/mol. The van der Waals surface area contributed by atoms with E-state index < -0.39 is 0 Å². The largest absolute Gasteiger partial charge is 0.374 e. The number of hydrazine groups is 1. The molecule has 0 fully saturated rings. The van der Waals surface area contributed by atoms with Crippen LogP contribution in [0.3, 0.4) is 0 Å². The van der Waals surface area contributed by atoms with E-state index in [1.807, 2.05) is 27.8 Å². The number of nitrogens with zero attached hydrogens (tertiary/aromatic N) is 3. The zero-order valence-electron chi connectivity index (χ0n) is 9.69. The Hall–Kier alpha value is -0.980. The second-order valence-corrected chi connectivity index (χ2v) is 4.43.